The smallest absolute Gasteiger partial charge is 0.336 e. The van der Waals surface area contributed by atoms with Gasteiger partial charge in [-0.2, -0.15) is 16.4 Å². The van der Waals surface area contributed by atoms with Crippen LogP contribution in [0.2, 0.25) is 0 Å². The van der Waals surface area contributed by atoms with Gasteiger partial charge in [-0.3, -0.25) is 5.10 Å². The highest BCUT2D eigenvalue weighted by Gasteiger charge is 2.18. The Morgan fingerprint density at radius 1 is 1.25 bits per heavy atom. The predicted octanol–water partition coefficient (Wildman–Crippen LogP) is 3.63. The maximum absolute atomic E-state index is 11.5. The molecule has 0 aliphatic rings. The van der Waals surface area contributed by atoms with Crippen molar-refractivity contribution < 1.29 is 9.90 Å². The quantitative estimate of drug-likeness (QED) is 0.530. The normalized spacial score (nSPS) is 11.0. The van der Waals surface area contributed by atoms with Gasteiger partial charge in [-0.25, -0.2) is 9.78 Å². The van der Waals surface area contributed by atoms with E-state index in [0.717, 1.165) is 16.5 Å². The van der Waals surface area contributed by atoms with E-state index in [9.17, 15) is 9.90 Å². The van der Waals surface area contributed by atoms with Gasteiger partial charge in [0.25, 0.3) is 0 Å². The molecule has 24 heavy (non-hydrogen) atoms. The zero-order valence-electron chi connectivity index (χ0n) is 12.4. The van der Waals surface area contributed by atoms with E-state index in [1.165, 1.54) is 0 Å². The molecule has 7 heteroatoms. The zero-order chi connectivity index (χ0) is 16.7. The van der Waals surface area contributed by atoms with Gasteiger partial charge in [-0.15, -0.1) is 0 Å². The molecular formula is C17H12N4O2S. The summed E-state index contributed by atoms with van der Waals surface area (Å²) in [5.41, 5.74) is 9.63. The third-order valence-electron chi connectivity index (χ3n) is 3.80. The van der Waals surface area contributed by atoms with Gasteiger partial charge in [-0.05, 0) is 23.6 Å². The first-order valence-corrected chi connectivity index (χ1v) is 8.09. The Morgan fingerprint density at radius 3 is 2.83 bits per heavy atom. The van der Waals surface area contributed by atoms with Gasteiger partial charge in [-0.1, -0.05) is 18.2 Å². The average molecular weight is 336 g/mol. The second-order valence-electron chi connectivity index (χ2n) is 5.25. The number of carbonyl (C=O) groups is 1. The van der Waals surface area contributed by atoms with E-state index >= 15 is 0 Å². The van der Waals surface area contributed by atoms with Crippen molar-refractivity contribution in [3.05, 3.63) is 52.7 Å². The number of nitrogens with one attached hydrogen (secondary N) is 1. The summed E-state index contributed by atoms with van der Waals surface area (Å²) in [7, 11) is 0. The molecule has 0 radical (unpaired) electrons. The number of benzene rings is 1. The van der Waals surface area contributed by atoms with Crippen molar-refractivity contribution in [2.45, 2.75) is 0 Å². The van der Waals surface area contributed by atoms with Crippen LogP contribution >= 0.6 is 11.3 Å². The summed E-state index contributed by atoms with van der Waals surface area (Å²) >= 11 is 1.56. The molecule has 0 amide bonds. The van der Waals surface area contributed by atoms with E-state index in [1.54, 1.807) is 41.7 Å². The standard InChI is InChI=1S/C17H12N4O2S/c18-16-14-13(20-21-16)7-12(19-15(14)9-5-6-24-8-9)10-3-1-2-4-11(10)17(22)23/h1-8H,(H,22,23)(H3,18,20,21). The van der Waals surface area contributed by atoms with Crippen molar-refractivity contribution in [3.8, 4) is 22.5 Å². The monoisotopic (exact) mass is 336 g/mol. The summed E-state index contributed by atoms with van der Waals surface area (Å²) < 4.78 is 0. The van der Waals surface area contributed by atoms with Crippen LogP contribution in [-0.2, 0) is 0 Å². The fourth-order valence-electron chi connectivity index (χ4n) is 2.71. The van der Waals surface area contributed by atoms with E-state index in [2.05, 4.69) is 10.2 Å². The molecule has 0 bridgehead atoms. The lowest BCUT2D eigenvalue weighted by molar-refractivity contribution is 0.0697. The maximum atomic E-state index is 11.5. The lowest BCUT2D eigenvalue weighted by Crippen LogP contribution is -2.00. The van der Waals surface area contributed by atoms with E-state index in [1.807, 2.05) is 16.8 Å². The molecule has 0 saturated carbocycles. The molecule has 4 aromatic rings. The molecule has 1 aromatic carbocycles. The van der Waals surface area contributed by atoms with Crippen LogP contribution in [0.25, 0.3) is 33.4 Å². The van der Waals surface area contributed by atoms with Crippen LogP contribution in [0.1, 0.15) is 10.4 Å². The Hall–Kier alpha value is -3.19. The Bertz CT molecular complexity index is 1050. The number of H-pyrrole nitrogens is 1. The molecule has 0 aliphatic carbocycles. The number of rotatable bonds is 3. The highest BCUT2D eigenvalue weighted by Crippen LogP contribution is 2.34. The molecule has 4 N–H and O–H groups in total. The van der Waals surface area contributed by atoms with Crippen LogP contribution in [0.5, 0.6) is 0 Å². The second-order valence-corrected chi connectivity index (χ2v) is 6.03. The number of fused-ring (bicyclic) bond motifs is 1. The highest BCUT2D eigenvalue weighted by molar-refractivity contribution is 7.08. The Kier molecular flexibility index (Phi) is 3.28. The molecule has 0 spiro atoms. The first kappa shape index (κ1) is 14.4. The number of thiophene rings is 1. The van der Waals surface area contributed by atoms with Gasteiger partial charge in [0.15, 0.2) is 5.82 Å². The number of carboxylic acids is 1. The van der Waals surface area contributed by atoms with Crippen LogP contribution in [0.4, 0.5) is 5.82 Å². The molecule has 4 rings (SSSR count). The van der Waals surface area contributed by atoms with Gasteiger partial charge >= 0.3 is 5.97 Å². The summed E-state index contributed by atoms with van der Waals surface area (Å²) in [6, 6.07) is 10.5. The third kappa shape index (κ3) is 2.22. The molecule has 0 unspecified atom stereocenters. The van der Waals surface area contributed by atoms with Crippen LogP contribution in [0, 0.1) is 0 Å². The highest BCUT2D eigenvalue weighted by atomic mass is 32.1. The van der Waals surface area contributed by atoms with E-state index < -0.39 is 5.97 Å². The number of carboxylic acid groups (broad SMARTS) is 1. The van der Waals surface area contributed by atoms with Crippen LogP contribution in [0.15, 0.2) is 47.2 Å². The molecule has 3 heterocycles. The number of nitrogens with two attached hydrogens (primary N) is 1. The van der Waals surface area contributed by atoms with Crippen molar-refractivity contribution in [1.82, 2.24) is 15.2 Å². The van der Waals surface area contributed by atoms with Crippen molar-refractivity contribution in [3.63, 3.8) is 0 Å². The number of hydrogen-bond acceptors (Lipinski definition) is 5. The van der Waals surface area contributed by atoms with Crippen molar-refractivity contribution in [1.29, 1.82) is 0 Å². The molecule has 0 aliphatic heterocycles. The summed E-state index contributed by atoms with van der Waals surface area (Å²) in [5, 5.41) is 21.0. The minimum absolute atomic E-state index is 0.202. The summed E-state index contributed by atoms with van der Waals surface area (Å²) in [4.78, 5) is 16.2. The molecule has 0 atom stereocenters. The number of anilines is 1. The number of aromatic carboxylic acids is 1. The summed E-state index contributed by atoms with van der Waals surface area (Å²) in [5.74, 6) is -0.620. The topological polar surface area (TPSA) is 105 Å². The zero-order valence-corrected chi connectivity index (χ0v) is 13.2. The molecular weight excluding hydrogens is 324 g/mol. The van der Waals surface area contributed by atoms with Crippen LogP contribution in [0.3, 0.4) is 0 Å². The maximum Gasteiger partial charge on any atom is 0.336 e. The Balaban J connectivity index is 2.04. The van der Waals surface area contributed by atoms with Gasteiger partial charge in [0.2, 0.25) is 0 Å². The number of aromatic amines is 1. The minimum atomic E-state index is -0.992. The van der Waals surface area contributed by atoms with Crippen molar-refractivity contribution >= 4 is 34.0 Å². The number of pyridine rings is 1. The van der Waals surface area contributed by atoms with E-state index in [4.69, 9.17) is 10.7 Å². The molecule has 118 valence electrons. The number of nitrogens with zero attached hydrogens (tertiary/aromatic N) is 2. The predicted molar refractivity (Wildman–Crippen MR) is 94.0 cm³/mol. The summed E-state index contributed by atoms with van der Waals surface area (Å²) in [6.45, 7) is 0. The van der Waals surface area contributed by atoms with Gasteiger partial charge in [0.05, 0.1) is 27.9 Å². The largest absolute Gasteiger partial charge is 0.478 e. The number of aromatic nitrogens is 3. The minimum Gasteiger partial charge on any atom is -0.478 e. The first-order chi connectivity index (χ1) is 11.6. The average Bonchev–Trinajstić information content (AvgIpc) is 3.24. The van der Waals surface area contributed by atoms with E-state index in [-0.39, 0.29) is 5.56 Å². The fourth-order valence-corrected chi connectivity index (χ4v) is 3.35. The van der Waals surface area contributed by atoms with Crippen molar-refractivity contribution in [2.24, 2.45) is 0 Å². The molecule has 6 nitrogen and oxygen atoms in total. The molecule has 0 saturated heterocycles. The van der Waals surface area contributed by atoms with E-state index in [0.29, 0.717) is 22.8 Å². The first-order valence-electron chi connectivity index (χ1n) is 7.15. The summed E-state index contributed by atoms with van der Waals surface area (Å²) in [6.07, 6.45) is 0. The second kappa shape index (κ2) is 5.47. The Morgan fingerprint density at radius 2 is 2.08 bits per heavy atom. The van der Waals surface area contributed by atoms with Crippen LogP contribution < -0.4 is 5.73 Å². The van der Waals surface area contributed by atoms with Gasteiger partial charge in [0, 0.05) is 16.5 Å². The van der Waals surface area contributed by atoms with Gasteiger partial charge < -0.3 is 10.8 Å². The lowest BCUT2D eigenvalue weighted by Gasteiger charge is -2.08. The third-order valence-corrected chi connectivity index (χ3v) is 4.48. The Labute approximate surface area is 140 Å². The van der Waals surface area contributed by atoms with Crippen molar-refractivity contribution in [2.75, 3.05) is 5.73 Å². The molecule has 0 fully saturated rings. The number of hydrogen-bond donors (Lipinski definition) is 3. The number of nitrogen functional groups attached to an aromatic ring is 1. The van der Waals surface area contributed by atoms with Gasteiger partial charge in [0.1, 0.15) is 0 Å². The fraction of sp³-hybridized carbons (Fsp3) is 0. The molecule has 3 aromatic heterocycles. The SMILES string of the molecule is Nc1n[nH]c2cc(-c3ccccc3C(=O)O)nc(-c3ccsc3)c12. The van der Waals surface area contributed by atoms with Crippen LogP contribution in [-0.4, -0.2) is 26.3 Å². The lowest BCUT2D eigenvalue weighted by atomic mass is 10.0.